The third kappa shape index (κ3) is 8.23. The average molecular weight is 201 g/mol. The number of ether oxygens (including phenoxy) is 2. The van der Waals surface area contributed by atoms with E-state index in [0.29, 0.717) is 13.2 Å². The highest BCUT2D eigenvalue weighted by Crippen LogP contribution is 2.00. The Morgan fingerprint density at radius 1 is 1.43 bits per heavy atom. The predicted molar refractivity (Wildman–Crippen MR) is 59.6 cm³/mol. The van der Waals surface area contributed by atoms with Gasteiger partial charge in [-0.3, -0.25) is 0 Å². The molecule has 1 N–H and O–H groups in total. The molecule has 0 saturated heterocycles. The van der Waals surface area contributed by atoms with E-state index in [1.807, 2.05) is 0 Å². The van der Waals surface area contributed by atoms with Crippen LogP contribution in [0.25, 0.3) is 0 Å². The van der Waals surface area contributed by atoms with Crippen LogP contribution in [0.1, 0.15) is 20.8 Å². The molecule has 0 aromatic carbocycles. The molecule has 0 saturated carbocycles. The lowest BCUT2D eigenvalue weighted by Gasteiger charge is -2.24. The molecule has 0 spiro atoms. The van der Waals surface area contributed by atoms with E-state index in [1.54, 1.807) is 13.2 Å². The minimum atomic E-state index is 0.0947. The van der Waals surface area contributed by atoms with E-state index in [-0.39, 0.29) is 11.6 Å². The highest BCUT2D eigenvalue weighted by molar-refractivity contribution is 4.74. The summed E-state index contributed by atoms with van der Waals surface area (Å²) in [6.07, 6.45) is 1.84. The molecule has 1 atom stereocenters. The molecule has 0 amide bonds. The zero-order chi connectivity index (χ0) is 11.0. The van der Waals surface area contributed by atoms with Crippen LogP contribution in [0, 0.1) is 0 Å². The Kier molecular flexibility index (Phi) is 6.79. The summed E-state index contributed by atoms with van der Waals surface area (Å²) < 4.78 is 10.6. The van der Waals surface area contributed by atoms with Crippen LogP contribution in [0.4, 0.5) is 0 Å². The van der Waals surface area contributed by atoms with Crippen LogP contribution >= 0.6 is 0 Å². The summed E-state index contributed by atoms with van der Waals surface area (Å²) in [5.74, 6) is 0. The quantitative estimate of drug-likeness (QED) is 0.635. The van der Waals surface area contributed by atoms with Crippen LogP contribution in [0.5, 0.6) is 0 Å². The lowest BCUT2D eigenvalue weighted by atomic mass is 10.1. The molecule has 0 bridgehead atoms. The maximum absolute atomic E-state index is 5.52. The van der Waals surface area contributed by atoms with Gasteiger partial charge in [-0.15, -0.1) is 6.58 Å². The molecular weight excluding hydrogens is 178 g/mol. The normalized spacial score (nSPS) is 14.0. The number of hydrogen-bond donors (Lipinski definition) is 1. The van der Waals surface area contributed by atoms with Crippen molar-refractivity contribution in [2.45, 2.75) is 32.4 Å². The monoisotopic (exact) mass is 201 g/mol. The SMILES string of the molecule is C=CCOC(CNC(C)(C)C)COC. The fraction of sp³-hybridized carbons (Fsp3) is 0.818. The molecule has 0 aliphatic carbocycles. The van der Waals surface area contributed by atoms with E-state index in [1.165, 1.54) is 0 Å². The zero-order valence-corrected chi connectivity index (χ0v) is 9.80. The molecular formula is C11H23NO2. The topological polar surface area (TPSA) is 30.5 Å². The van der Waals surface area contributed by atoms with E-state index in [9.17, 15) is 0 Å². The summed E-state index contributed by atoms with van der Waals surface area (Å²) >= 11 is 0. The van der Waals surface area contributed by atoms with E-state index in [4.69, 9.17) is 9.47 Å². The van der Waals surface area contributed by atoms with Crippen LogP contribution in [-0.2, 0) is 9.47 Å². The third-order valence-corrected chi connectivity index (χ3v) is 1.66. The first-order valence-electron chi connectivity index (χ1n) is 4.96. The van der Waals surface area contributed by atoms with Crippen LogP contribution in [0.2, 0.25) is 0 Å². The van der Waals surface area contributed by atoms with Crippen molar-refractivity contribution in [3.63, 3.8) is 0 Å². The highest BCUT2D eigenvalue weighted by atomic mass is 16.5. The lowest BCUT2D eigenvalue weighted by molar-refractivity contribution is 0.00902. The first-order chi connectivity index (χ1) is 6.49. The van der Waals surface area contributed by atoms with E-state index < -0.39 is 0 Å². The molecule has 0 heterocycles. The number of hydrogen-bond acceptors (Lipinski definition) is 3. The van der Waals surface area contributed by atoms with Gasteiger partial charge >= 0.3 is 0 Å². The fourth-order valence-electron chi connectivity index (χ4n) is 0.976. The molecule has 0 rings (SSSR count). The summed E-state index contributed by atoms with van der Waals surface area (Å²) in [5.41, 5.74) is 0.115. The second kappa shape index (κ2) is 6.98. The second-order valence-electron chi connectivity index (χ2n) is 4.33. The molecule has 0 aliphatic rings. The zero-order valence-electron chi connectivity index (χ0n) is 9.80. The van der Waals surface area contributed by atoms with Crippen molar-refractivity contribution < 1.29 is 9.47 Å². The molecule has 0 aromatic rings. The lowest BCUT2D eigenvalue weighted by Crippen LogP contribution is -2.43. The van der Waals surface area contributed by atoms with Crippen LogP contribution in [-0.4, -0.2) is 38.5 Å². The second-order valence-corrected chi connectivity index (χ2v) is 4.33. The molecule has 0 radical (unpaired) electrons. The van der Waals surface area contributed by atoms with Crippen molar-refractivity contribution in [1.82, 2.24) is 5.32 Å². The van der Waals surface area contributed by atoms with Crippen molar-refractivity contribution >= 4 is 0 Å². The maximum atomic E-state index is 5.52. The number of methoxy groups -OCH3 is 1. The van der Waals surface area contributed by atoms with Gasteiger partial charge in [-0.1, -0.05) is 6.08 Å². The van der Waals surface area contributed by atoms with Gasteiger partial charge in [0.2, 0.25) is 0 Å². The molecule has 0 aliphatic heterocycles. The van der Waals surface area contributed by atoms with E-state index in [0.717, 1.165) is 6.54 Å². The first kappa shape index (κ1) is 13.6. The molecule has 14 heavy (non-hydrogen) atoms. The largest absolute Gasteiger partial charge is 0.382 e. The van der Waals surface area contributed by atoms with Gasteiger partial charge in [-0.25, -0.2) is 0 Å². The molecule has 3 heteroatoms. The number of nitrogens with one attached hydrogen (secondary N) is 1. The Labute approximate surface area is 87.5 Å². The molecule has 1 unspecified atom stereocenters. The molecule has 0 fully saturated rings. The van der Waals surface area contributed by atoms with Crippen molar-refractivity contribution in [3.05, 3.63) is 12.7 Å². The highest BCUT2D eigenvalue weighted by Gasteiger charge is 2.13. The Morgan fingerprint density at radius 3 is 2.50 bits per heavy atom. The van der Waals surface area contributed by atoms with Gasteiger partial charge in [-0.2, -0.15) is 0 Å². The Morgan fingerprint density at radius 2 is 2.07 bits per heavy atom. The Hall–Kier alpha value is -0.380. The molecule has 0 aromatic heterocycles. The summed E-state index contributed by atoms with van der Waals surface area (Å²) in [6, 6.07) is 0. The van der Waals surface area contributed by atoms with Crippen LogP contribution in [0.15, 0.2) is 12.7 Å². The van der Waals surface area contributed by atoms with Crippen LogP contribution < -0.4 is 5.32 Å². The minimum Gasteiger partial charge on any atom is -0.382 e. The van der Waals surface area contributed by atoms with Crippen molar-refractivity contribution in [1.29, 1.82) is 0 Å². The fourth-order valence-corrected chi connectivity index (χ4v) is 0.976. The Bertz CT molecular complexity index is 152. The number of rotatable bonds is 7. The Balaban J connectivity index is 3.77. The third-order valence-electron chi connectivity index (χ3n) is 1.66. The van der Waals surface area contributed by atoms with Gasteiger partial charge in [-0.05, 0) is 20.8 Å². The van der Waals surface area contributed by atoms with Gasteiger partial charge in [0.15, 0.2) is 0 Å². The van der Waals surface area contributed by atoms with Gasteiger partial charge in [0, 0.05) is 19.2 Å². The minimum absolute atomic E-state index is 0.0947. The summed E-state index contributed by atoms with van der Waals surface area (Å²) in [4.78, 5) is 0. The average Bonchev–Trinajstić information content (AvgIpc) is 2.08. The predicted octanol–water partition coefficient (Wildman–Crippen LogP) is 1.59. The summed E-state index contributed by atoms with van der Waals surface area (Å²) in [7, 11) is 1.68. The van der Waals surface area contributed by atoms with Crippen molar-refractivity contribution in [2.75, 3.05) is 26.9 Å². The standard InChI is InChI=1S/C11H23NO2/c1-6-7-14-10(9-13-5)8-12-11(2,3)4/h6,10,12H,1,7-9H2,2-5H3. The van der Waals surface area contributed by atoms with Crippen molar-refractivity contribution in [2.24, 2.45) is 0 Å². The summed E-state index contributed by atoms with van der Waals surface area (Å²) in [6.45, 7) is 12.0. The van der Waals surface area contributed by atoms with Gasteiger partial charge < -0.3 is 14.8 Å². The van der Waals surface area contributed by atoms with Gasteiger partial charge in [0.05, 0.1) is 19.3 Å². The van der Waals surface area contributed by atoms with Crippen molar-refractivity contribution in [3.8, 4) is 0 Å². The molecule has 84 valence electrons. The van der Waals surface area contributed by atoms with Gasteiger partial charge in [0.25, 0.3) is 0 Å². The van der Waals surface area contributed by atoms with E-state index in [2.05, 4.69) is 32.7 Å². The van der Waals surface area contributed by atoms with Crippen LogP contribution in [0.3, 0.4) is 0 Å². The smallest absolute Gasteiger partial charge is 0.0936 e. The van der Waals surface area contributed by atoms with Gasteiger partial charge in [0.1, 0.15) is 0 Å². The maximum Gasteiger partial charge on any atom is 0.0936 e. The first-order valence-corrected chi connectivity index (χ1v) is 4.96. The molecule has 3 nitrogen and oxygen atoms in total. The summed E-state index contributed by atoms with van der Waals surface area (Å²) in [5, 5.41) is 3.38. The van der Waals surface area contributed by atoms with E-state index >= 15 is 0 Å².